The van der Waals surface area contributed by atoms with Gasteiger partial charge in [0.2, 0.25) is 0 Å². The molecule has 1 heterocycles. The molecule has 98 valence electrons. The summed E-state index contributed by atoms with van der Waals surface area (Å²) >= 11 is 11.8. The quantitative estimate of drug-likeness (QED) is 0.792. The fourth-order valence-electron chi connectivity index (χ4n) is 1.84. The third-order valence-electron chi connectivity index (χ3n) is 3.09. The van der Waals surface area contributed by atoms with E-state index in [0.717, 1.165) is 6.54 Å². The Kier molecular flexibility index (Phi) is 4.13. The Bertz CT molecular complexity index is 458. The van der Waals surface area contributed by atoms with E-state index in [2.05, 4.69) is 4.98 Å². The first-order valence-electron chi connectivity index (χ1n) is 6.11. The average Bonchev–Trinajstić information content (AvgIpc) is 3.12. The maximum Gasteiger partial charge on any atom is 0.255 e. The first-order valence-corrected chi connectivity index (χ1v) is 6.86. The first kappa shape index (κ1) is 13.6. The van der Waals surface area contributed by atoms with E-state index in [9.17, 15) is 4.79 Å². The molecular formula is C13H16Cl2N2O. The van der Waals surface area contributed by atoms with E-state index in [1.807, 2.05) is 18.7 Å². The molecule has 1 aromatic heterocycles. The molecule has 18 heavy (non-hydrogen) atoms. The van der Waals surface area contributed by atoms with Crippen molar-refractivity contribution in [3.05, 3.63) is 28.0 Å². The lowest BCUT2D eigenvalue weighted by atomic mass is 10.2. The van der Waals surface area contributed by atoms with Crippen LogP contribution < -0.4 is 0 Å². The van der Waals surface area contributed by atoms with Crippen molar-refractivity contribution in [1.82, 2.24) is 9.88 Å². The van der Waals surface area contributed by atoms with Crippen molar-refractivity contribution in [3.63, 3.8) is 0 Å². The predicted molar refractivity (Wildman–Crippen MR) is 73.2 cm³/mol. The highest BCUT2D eigenvalue weighted by Gasteiger charge is 2.29. The van der Waals surface area contributed by atoms with Crippen LogP contribution in [0.15, 0.2) is 12.3 Å². The molecule has 0 radical (unpaired) electrons. The van der Waals surface area contributed by atoms with Crippen LogP contribution in [0.1, 0.15) is 37.0 Å². The lowest BCUT2D eigenvalue weighted by Gasteiger charge is -2.27. The van der Waals surface area contributed by atoms with Crippen LogP contribution in [0.25, 0.3) is 0 Å². The van der Waals surface area contributed by atoms with Crippen LogP contribution in [0, 0.1) is 5.92 Å². The molecule has 0 saturated heterocycles. The van der Waals surface area contributed by atoms with Crippen molar-refractivity contribution < 1.29 is 4.79 Å². The number of rotatable bonds is 4. The minimum atomic E-state index is -0.0637. The van der Waals surface area contributed by atoms with Gasteiger partial charge in [-0.2, -0.15) is 0 Å². The predicted octanol–water partition coefficient (Wildman–Crippen LogP) is 3.65. The number of aromatic nitrogens is 1. The summed E-state index contributed by atoms with van der Waals surface area (Å²) in [6.45, 7) is 4.82. The van der Waals surface area contributed by atoms with E-state index in [1.54, 1.807) is 0 Å². The van der Waals surface area contributed by atoms with Crippen LogP contribution in [0.3, 0.4) is 0 Å². The molecule has 1 amide bonds. The highest BCUT2D eigenvalue weighted by atomic mass is 35.5. The van der Waals surface area contributed by atoms with Crippen molar-refractivity contribution in [2.75, 3.05) is 6.54 Å². The summed E-state index contributed by atoms with van der Waals surface area (Å²) in [7, 11) is 0. The van der Waals surface area contributed by atoms with Crippen LogP contribution in [0.4, 0.5) is 0 Å². The van der Waals surface area contributed by atoms with Gasteiger partial charge in [-0.15, -0.1) is 0 Å². The second-order valence-electron chi connectivity index (χ2n) is 4.98. The van der Waals surface area contributed by atoms with Gasteiger partial charge in [-0.25, -0.2) is 4.98 Å². The average molecular weight is 287 g/mol. The molecule has 0 bridgehead atoms. The summed E-state index contributed by atoms with van der Waals surface area (Å²) in [4.78, 5) is 18.2. The lowest BCUT2D eigenvalue weighted by Crippen LogP contribution is -2.38. The van der Waals surface area contributed by atoms with Gasteiger partial charge >= 0.3 is 0 Å². The van der Waals surface area contributed by atoms with Crippen molar-refractivity contribution in [1.29, 1.82) is 0 Å². The number of carbonyl (C=O) groups is 1. The molecule has 2 rings (SSSR count). The number of amides is 1. The molecule has 1 aromatic rings. The Morgan fingerprint density at radius 1 is 1.50 bits per heavy atom. The molecule has 1 aliphatic carbocycles. The smallest absolute Gasteiger partial charge is 0.255 e. The molecular weight excluding hydrogens is 271 g/mol. The molecule has 3 nitrogen and oxygen atoms in total. The van der Waals surface area contributed by atoms with Crippen LogP contribution >= 0.6 is 23.2 Å². The molecule has 0 unspecified atom stereocenters. The monoisotopic (exact) mass is 286 g/mol. The first-order chi connectivity index (χ1) is 8.49. The van der Waals surface area contributed by atoms with Crippen molar-refractivity contribution in [3.8, 4) is 0 Å². The van der Waals surface area contributed by atoms with Crippen molar-refractivity contribution in [2.24, 2.45) is 5.92 Å². The molecule has 1 saturated carbocycles. The van der Waals surface area contributed by atoms with Crippen LogP contribution in [-0.2, 0) is 0 Å². The maximum atomic E-state index is 12.5. The molecule has 1 aliphatic rings. The fraction of sp³-hybridized carbons (Fsp3) is 0.538. The van der Waals surface area contributed by atoms with E-state index in [1.165, 1.54) is 25.1 Å². The van der Waals surface area contributed by atoms with E-state index in [0.29, 0.717) is 16.5 Å². The standard InChI is InChI=1S/C13H16Cl2N2O/c1-8(2)17(7-9-3-4-9)13(18)10-5-12(15)16-6-11(10)14/h5-6,8-9H,3-4,7H2,1-2H3. The van der Waals surface area contributed by atoms with Crippen LogP contribution in [-0.4, -0.2) is 28.4 Å². The zero-order valence-electron chi connectivity index (χ0n) is 10.5. The molecule has 0 spiro atoms. The van der Waals surface area contributed by atoms with E-state index < -0.39 is 0 Å². The van der Waals surface area contributed by atoms with E-state index >= 15 is 0 Å². The number of halogens is 2. The van der Waals surface area contributed by atoms with Gasteiger partial charge in [-0.05, 0) is 38.7 Å². The third-order valence-corrected chi connectivity index (χ3v) is 3.60. The number of pyridine rings is 1. The highest BCUT2D eigenvalue weighted by molar-refractivity contribution is 6.35. The number of nitrogens with zero attached hydrogens (tertiary/aromatic N) is 2. The Morgan fingerprint density at radius 2 is 2.17 bits per heavy atom. The normalized spacial score (nSPS) is 14.9. The molecule has 0 atom stereocenters. The summed E-state index contributed by atoms with van der Waals surface area (Å²) in [5, 5.41) is 0.642. The fourth-order valence-corrected chi connectivity index (χ4v) is 2.18. The molecule has 1 fully saturated rings. The molecule has 0 N–H and O–H groups in total. The minimum Gasteiger partial charge on any atom is -0.336 e. The SMILES string of the molecule is CC(C)N(CC1CC1)C(=O)c1cc(Cl)ncc1Cl. The number of hydrogen-bond donors (Lipinski definition) is 0. The topological polar surface area (TPSA) is 33.2 Å². The molecule has 0 aromatic carbocycles. The van der Waals surface area contributed by atoms with Gasteiger partial charge in [0.15, 0.2) is 0 Å². The Morgan fingerprint density at radius 3 is 2.72 bits per heavy atom. The van der Waals surface area contributed by atoms with E-state index in [4.69, 9.17) is 23.2 Å². The molecule has 0 aliphatic heterocycles. The number of carbonyl (C=O) groups excluding carboxylic acids is 1. The summed E-state index contributed by atoms with van der Waals surface area (Å²) in [6.07, 6.45) is 3.84. The van der Waals surface area contributed by atoms with Crippen LogP contribution in [0.5, 0.6) is 0 Å². The van der Waals surface area contributed by atoms with Crippen LogP contribution in [0.2, 0.25) is 10.2 Å². The zero-order valence-corrected chi connectivity index (χ0v) is 12.0. The molecule has 5 heteroatoms. The van der Waals surface area contributed by atoms with Gasteiger partial charge in [0.1, 0.15) is 5.15 Å². The second-order valence-corrected chi connectivity index (χ2v) is 5.78. The summed E-state index contributed by atoms with van der Waals surface area (Å²) in [5.41, 5.74) is 0.436. The minimum absolute atomic E-state index is 0.0637. The summed E-state index contributed by atoms with van der Waals surface area (Å²) in [5.74, 6) is 0.582. The maximum absolute atomic E-state index is 12.5. The van der Waals surface area contributed by atoms with Crippen molar-refractivity contribution >= 4 is 29.1 Å². The van der Waals surface area contributed by atoms with Gasteiger partial charge in [0.25, 0.3) is 5.91 Å². The lowest BCUT2D eigenvalue weighted by molar-refractivity contribution is 0.0696. The van der Waals surface area contributed by atoms with Gasteiger partial charge < -0.3 is 4.90 Å². The second kappa shape index (κ2) is 5.45. The van der Waals surface area contributed by atoms with Gasteiger partial charge in [0.05, 0.1) is 10.6 Å². The van der Waals surface area contributed by atoms with E-state index in [-0.39, 0.29) is 17.1 Å². The Balaban J connectivity index is 2.23. The number of hydrogen-bond acceptors (Lipinski definition) is 2. The third kappa shape index (κ3) is 3.15. The summed E-state index contributed by atoms with van der Waals surface area (Å²) < 4.78 is 0. The van der Waals surface area contributed by atoms with Gasteiger partial charge in [-0.1, -0.05) is 23.2 Å². The Labute approximate surface area is 117 Å². The highest BCUT2D eigenvalue weighted by Crippen LogP contribution is 2.31. The zero-order chi connectivity index (χ0) is 13.3. The van der Waals surface area contributed by atoms with Gasteiger partial charge in [-0.3, -0.25) is 4.79 Å². The van der Waals surface area contributed by atoms with Gasteiger partial charge in [0, 0.05) is 18.8 Å². The summed E-state index contributed by atoms with van der Waals surface area (Å²) in [6, 6.07) is 1.69. The largest absolute Gasteiger partial charge is 0.336 e. The Hall–Kier alpha value is -0.800. The van der Waals surface area contributed by atoms with Crippen molar-refractivity contribution in [2.45, 2.75) is 32.7 Å².